The molecule has 2 atom stereocenters. The molecule has 0 bridgehead atoms. The number of nitrogens with one attached hydrogen (secondary N) is 1. The molecular weight excluding hydrogens is 232 g/mol. The molecule has 0 aromatic rings. The van der Waals surface area contributed by atoms with Crippen molar-refractivity contribution in [1.29, 1.82) is 0 Å². The van der Waals surface area contributed by atoms with Gasteiger partial charge in [0, 0.05) is 33.7 Å². The van der Waals surface area contributed by atoms with Crippen molar-refractivity contribution in [3.63, 3.8) is 0 Å². The van der Waals surface area contributed by atoms with Gasteiger partial charge in [0.2, 0.25) is 11.8 Å². The molecule has 18 heavy (non-hydrogen) atoms. The summed E-state index contributed by atoms with van der Waals surface area (Å²) in [7, 11) is 3.37. The lowest BCUT2D eigenvalue weighted by atomic mass is 9.89. The number of nitrogens with zero attached hydrogens (tertiary/aromatic N) is 1. The Balaban J connectivity index is 2.44. The molecule has 1 N–H and O–H groups in total. The van der Waals surface area contributed by atoms with Gasteiger partial charge in [-0.15, -0.1) is 0 Å². The molecule has 0 radical (unpaired) electrons. The van der Waals surface area contributed by atoms with Crippen molar-refractivity contribution in [2.24, 2.45) is 11.3 Å². The SMILES string of the molecule is COC(CNC(=O)C1CC(=O)N(C)C1)C(C)(C)C. The molecule has 5 nitrogen and oxygen atoms in total. The van der Waals surface area contributed by atoms with Crippen LogP contribution in [-0.4, -0.2) is 50.1 Å². The highest BCUT2D eigenvalue weighted by Gasteiger charge is 2.33. The van der Waals surface area contributed by atoms with Gasteiger partial charge in [-0.2, -0.15) is 0 Å². The van der Waals surface area contributed by atoms with Gasteiger partial charge in [-0.1, -0.05) is 20.8 Å². The summed E-state index contributed by atoms with van der Waals surface area (Å²) in [5, 5.41) is 2.88. The average Bonchev–Trinajstić information content (AvgIpc) is 2.58. The van der Waals surface area contributed by atoms with Crippen molar-refractivity contribution in [2.75, 3.05) is 27.2 Å². The fourth-order valence-corrected chi connectivity index (χ4v) is 2.12. The molecular formula is C13H24N2O3. The Morgan fingerprint density at radius 2 is 2.17 bits per heavy atom. The highest BCUT2D eigenvalue weighted by molar-refractivity contribution is 5.89. The molecule has 1 heterocycles. The van der Waals surface area contributed by atoms with Crippen molar-refractivity contribution in [3.8, 4) is 0 Å². The van der Waals surface area contributed by atoms with E-state index in [2.05, 4.69) is 26.1 Å². The molecule has 0 aliphatic carbocycles. The maximum Gasteiger partial charge on any atom is 0.225 e. The van der Waals surface area contributed by atoms with E-state index in [-0.39, 0.29) is 29.3 Å². The maximum absolute atomic E-state index is 11.9. The minimum absolute atomic E-state index is 0.0235. The zero-order chi connectivity index (χ0) is 13.9. The third-order valence-electron chi connectivity index (χ3n) is 3.42. The molecule has 5 heteroatoms. The largest absolute Gasteiger partial charge is 0.379 e. The zero-order valence-electron chi connectivity index (χ0n) is 11.9. The molecule has 0 aromatic carbocycles. The van der Waals surface area contributed by atoms with Crippen molar-refractivity contribution in [2.45, 2.75) is 33.3 Å². The summed E-state index contributed by atoms with van der Waals surface area (Å²) in [5.41, 5.74) is -0.0235. The highest BCUT2D eigenvalue weighted by atomic mass is 16.5. The number of hydrogen-bond acceptors (Lipinski definition) is 3. The fourth-order valence-electron chi connectivity index (χ4n) is 2.12. The van der Waals surface area contributed by atoms with Crippen LogP contribution in [-0.2, 0) is 14.3 Å². The van der Waals surface area contributed by atoms with E-state index in [0.29, 0.717) is 19.5 Å². The van der Waals surface area contributed by atoms with Crippen LogP contribution in [0.4, 0.5) is 0 Å². The molecule has 0 saturated carbocycles. The summed E-state index contributed by atoms with van der Waals surface area (Å²) in [6, 6.07) is 0. The predicted octanol–water partition coefficient (Wildman–Crippen LogP) is 0.642. The number of likely N-dealkylation sites (tertiary alicyclic amines) is 1. The second-order valence-corrected chi connectivity index (χ2v) is 6.01. The van der Waals surface area contributed by atoms with Crippen LogP contribution in [0.5, 0.6) is 0 Å². The van der Waals surface area contributed by atoms with Crippen LogP contribution in [0.1, 0.15) is 27.2 Å². The van der Waals surface area contributed by atoms with Gasteiger partial charge < -0.3 is 15.0 Å². The minimum Gasteiger partial charge on any atom is -0.379 e. The van der Waals surface area contributed by atoms with Crippen molar-refractivity contribution >= 4 is 11.8 Å². The molecule has 0 spiro atoms. The first kappa shape index (κ1) is 15.0. The van der Waals surface area contributed by atoms with Crippen molar-refractivity contribution < 1.29 is 14.3 Å². The summed E-state index contributed by atoms with van der Waals surface area (Å²) >= 11 is 0. The van der Waals surface area contributed by atoms with E-state index in [9.17, 15) is 9.59 Å². The third kappa shape index (κ3) is 3.70. The molecule has 104 valence electrons. The van der Waals surface area contributed by atoms with Gasteiger partial charge in [-0.3, -0.25) is 9.59 Å². The lowest BCUT2D eigenvalue weighted by Crippen LogP contribution is -2.42. The standard InChI is InChI=1S/C13H24N2O3/c1-13(2,3)10(18-5)7-14-12(17)9-6-11(16)15(4)8-9/h9-10H,6-8H2,1-5H3,(H,14,17). The van der Waals surface area contributed by atoms with Crippen molar-refractivity contribution in [1.82, 2.24) is 10.2 Å². The normalized spacial score (nSPS) is 22.2. The molecule has 2 amide bonds. The molecule has 0 aromatic heterocycles. The summed E-state index contributed by atoms with van der Waals surface area (Å²) in [6.45, 7) is 7.20. The summed E-state index contributed by atoms with van der Waals surface area (Å²) < 4.78 is 5.38. The number of carbonyl (C=O) groups is 2. The van der Waals surface area contributed by atoms with Gasteiger partial charge in [-0.05, 0) is 5.41 Å². The topological polar surface area (TPSA) is 58.6 Å². The molecule has 1 aliphatic rings. The molecule has 1 fully saturated rings. The molecule has 1 saturated heterocycles. The van der Waals surface area contributed by atoms with Crippen LogP contribution < -0.4 is 5.32 Å². The van der Waals surface area contributed by atoms with Crippen LogP contribution in [0, 0.1) is 11.3 Å². The predicted molar refractivity (Wildman–Crippen MR) is 69.0 cm³/mol. The zero-order valence-corrected chi connectivity index (χ0v) is 11.9. The fraction of sp³-hybridized carbons (Fsp3) is 0.846. The summed E-state index contributed by atoms with van der Waals surface area (Å²) in [5.74, 6) is -0.242. The lowest BCUT2D eigenvalue weighted by molar-refractivity contribution is -0.128. The Bertz CT molecular complexity index is 323. The van der Waals surface area contributed by atoms with E-state index in [0.717, 1.165) is 0 Å². The van der Waals surface area contributed by atoms with Gasteiger partial charge in [0.05, 0.1) is 12.0 Å². The molecule has 1 aliphatic heterocycles. The Morgan fingerprint density at radius 1 is 1.56 bits per heavy atom. The van der Waals surface area contributed by atoms with Crippen LogP contribution in [0.15, 0.2) is 0 Å². The maximum atomic E-state index is 11.9. The summed E-state index contributed by atoms with van der Waals surface area (Å²) in [4.78, 5) is 24.9. The third-order valence-corrected chi connectivity index (χ3v) is 3.42. The number of methoxy groups -OCH3 is 1. The smallest absolute Gasteiger partial charge is 0.225 e. The van der Waals surface area contributed by atoms with Gasteiger partial charge in [-0.25, -0.2) is 0 Å². The highest BCUT2D eigenvalue weighted by Crippen LogP contribution is 2.21. The van der Waals surface area contributed by atoms with E-state index in [1.54, 1.807) is 19.1 Å². The first-order chi connectivity index (χ1) is 8.25. The monoisotopic (exact) mass is 256 g/mol. The first-order valence-electron chi connectivity index (χ1n) is 6.30. The lowest BCUT2D eigenvalue weighted by Gasteiger charge is -2.29. The minimum atomic E-state index is -0.222. The number of ether oxygens (including phenoxy) is 1. The average molecular weight is 256 g/mol. The van der Waals surface area contributed by atoms with Crippen LogP contribution in [0.25, 0.3) is 0 Å². The Labute approximate surface area is 109 Å². The quantitative estimate of drug-likeness (QED) is 0.803. The Kier molecular flexibility index (Phi) is 4.73. The van der Waals surface area contributed by atoms with E-state index >= 15 is 0 Å². The van der Waals surface area contributed by atoms with Crippen LogP contribution in [0.2, 0.25) is 0 Å². The second-order valence-electron chi connectivity index (χ2n) is 6.01. The van der Waals surface area contributed by atoms with E-state index in [4.69, 9.17) is 4.74 Å². The number of carbonyl (C=O) groups excluding carboxylic acids is 2. The summed E-state index contributed by atoms with van der Waals surface area (Å²) in [6.07, 6.45) is 0.284. The van der Waals surface area contributed by atoms with Crippen LogP contribution in [0.3, 0.4) is 0 Å². The first-order valence-corrected chi connectivity index (χ1v) is 6.30. The molecule has 1 rings (SSSR count). The van der Waals surface area contributed by atoms with Crippen LogP contribution >= 0.6 is 0 Å². The number of hydrogen-bond donors (Lipinski definition) is 1. The Morgan fingerprint density at radius 3 is 2.56 bits per heavy atom. The van der Waals surface area contributed by atoms with E-state index in [1.165, 1.54) is 0 Å². The van der Waals surface area contributed by atoms with Crippen molar-refractivity contribution in [3.05, 3.63) is 0 Å². The van der Waals surface area contributed by atoms with E-state index in [1.807, 2.05) is 0 Å². The van der Waals surface area contributed by atoms with E-state index < -0.39 is 0 Å². The van der Waals surface area contributed by atoms with Gasteiger partial charge in [0.1, 0.15) is 0 Å². The number of amides is 2. The van der Waals surface area contributed by atoms with Gasteiger partial charge in [0.25, 0.3) is 0 Å². The molecule has 2 unspecified atom stereocenters. The van der Waals surface area contributed by atoms with Gasteiger partial charge >= 0.3 is 0 Å². The van der Waals surface area contributed by atoms with Gasteiger partial charge in [0.15, 0.2) is 0 Å². The second kappa shape index (κ2) is 5.69. The number of rotatable bonds is 4. The Hall–Kier alpha value is -1.10.